The third-order valence-corrected chi connectivity index (χ3v) is 3.71. The van der Waals surface area contributed by atoms with Crippen molar-refractivity contribution in [2.75, 3.05) is 36.9 Å². The van der Waals surface area contributed by atoms with E-state index in [0.717, 1.165) is 43.3 Å². The van der Waals surface area contributed by atoms with Crippen molar-refractivity contribution in [3.05, 3.63) is 12.2 Å². The first-order chi connectivity index (χ1) is 6.33. The second-order valence-corrected chi connectivity index (χ2v) is 5.22. The van der Waals surface area contributed by atoms with Crippen LogP contribution >= 0.6 is 12.6 Å². The van der Waals surface area contributed by atoms with Crippen molar-refractivity contribution in [1.82, 2.24) is 4.90 Å². The molecule has 0 aliphatic carbocycles. The van der Waals surface area contributed by atoms with Gasteiger partial charge in [-0.15, -0.1) is 0 Å². The van der Waals surface area contributed by atoms with Gasteiger partial charge in [0, 0.05) is 41.1 Å². The molecule has 0 spiro atoms. The minimum Gasteiger partial charge on any atom is -0.299 e. The fourth-order valence-corrected chi connectivity index (χ4v) is 2.64. The largest absolute Gasteiger partial charge is 0.299 e. The monoisotopic (exact) mass is 219 g/mol. The van der Waals surface area contributed by atoms with Crippen molar-refractivity contribution in [2.45, 2.75) is 6.42 Å². The van der Waals surface area contributed by atoms with E-state index in [1.165, 1.54) is 0 Å². The molecule has 1 atom stereocenters. The fraction of sp³-hybridized carbons (Fsp3) is 0.778. The standard InChI is InChI=1S/C9H17NOS2/c11-13-8-3-5-10(6-9-13)4-1-2-7-12/h1-2,12H,3-9H2/b2-1+. The minimum atomic E-state index is -0.566. The van der Waals surface area contributed by atoms with Crippen LogP contribution in [0.5, 0.6) is 0 Å². The summed E-state index contributed by atoms with van der Waals surface area (Å²) in [6.07, 6.45) is 5.27. The van der Waals surface area contributed by atoms with Crippen molar-refractivity contribution < 1.29 is 4.21 Å². The van der Waals surface area contributed by atoms with Gasteiger partial charge in [-0.2, -0.15) is 12.6 Å². The number of hydrogen-bond acceptors (Lipinski definition) is 3. The molecule has 1 aliphatic rings. The topological polar surface area (TPSA) is 20.3 Å². The zero-order valence-electron chi connectivity index (χ0n) is 7.82. The lowest BCUT2D eigenvalue weighted by atomic mass is 10.4. The first-order valence-corrected chi connectivity index (χ1v) is 6.78. The molecule has 0 saturated carbocycles. The van der Waals surface area contributed by atoms with Crippen LogP contribution in [0.15, 0.2) is 12.2 Å². The predicted molar refractivity (Wildman–Crippen MR) is 61.9 cm³/mol. The summed E-state index contributed by atoms with van der Waals surface area (Å²) < 4.78 is 11.2. The van der Waals surface area contributed by atoms with Gasteiger partial charge in [-0.3, -0.25) is 9.11 Å². The number of nitrogens with zero attached hydrogens (tertiary/aromatic N) is 1. The molecule has 1 unspecified atom stereocenters. The van der Waals surface area contributed by atoms with E-state index in [9.17, 15) is 4.21 Å². The normalized spacial score (nSPS) is 26.4. The van der Waals surface area contributed by atoms with Crippen molar-refractivity contribution >= 4 is 23.4 Å². The van der Waals surface area contributed by atoms with E-state index in [1.54, 1.807) is 0 Å². The Kier molecular flexibility index (Phi) is 5.75. The first-order valence-electron chi connectivity index (χ1n) is 4.66. The van der Waals surface area contributed by atoms with Gasteiger partial charge in [0.2, 0.25) is 0 Å². The summed E-state index contributed by atoms with van der Waals surface area (Å²) >= 11 is 4.10. The summed E-state index contributed by atoms with van der Waals surface area (Å²) in [5, 5.41) is 0. The van der Waals surface area contributed by atoms with Gasteiger partial charge in [0.25, 0.3) is 0 Å². The molecule has 13 heavy (non-hydrogen) atoms. The fourth-order valence-electron chi connectivity index (χ4n) is 1.37. The van der Waals surface area contributed by atoms with Crippen LogP contribution in [0.3, 0.4) is 0 Å². The van der Waals surface area contributed by atoms with E-state index in [2.05, 4.69) is 29.7 Å². The molecule has 1 saturated heterocycles. The second-order valence-electron chi connectivity index (χ2n) is 3.16. The Morgan fingerprint density at radius 2 is 2.15 bits per heavy atom. The van der Waals surface area contributed by atoms with Crippen LogP contribution in [0.2, 0.25) is 0 Å². The molecule has 0 aromatic rings. The zero-order valence-corrected chi connectivity index (χ0v) is 9.53. The number of rotatable bonds is 3. The maximum absolute atomic E-state index is 11.2. The van der Waals surface area contributed by atoms with Crippen LogP contribution in [0.1, 0.15) is 6.42 Å². The van der Waals surface area contributed by atoms with E-state index in [0.29, 0.717) is 0 Å². The molecule has 1 rings (SSSR count). The van der Waals surface area contributed by atoms with Crippen LogP contribution in [-0.2, 0) is 10.8 Å². The Morgan fingerprint density at radius 3 is 2.92 bits per heavy atom. The Balaban J connectivity index is 2.25. The predicted octanol–water partition coefficient (Wildman–Crippen LogP) is 0.927. The van der Waals surface area contributed by atoms with Crippen molar-refractivity contribution in [1.29, 1.82) is 0 Å². The average Bonchev–Trinajstić information content (AvgIpc) is 2.32. The Morgan fingerprint density at radius 1 is 1.31 bits per heavy atom. The molecule has 0 bridgehead atoms. The van der Waals surface area contributed by atoms with Gasteiger partial charge in [0.05, 0.1) is 0 Å². The molecular formula is C9H17NOS2. The van der Waals surface area contributed by atoms with Gasteiger partial charge in [-0.05, 0) is 13.0 Å². The summed E-state index contributed by atoms with van der Waals surface area (Å²) in [6.45, 7) is 3.05. The van der Waals surface area contributed by atoms with Gasteiger partial charge in [-0.1, -0.05) is 12.2 Å². The highest BCUT2D eigenvalue weighted by Crippen LogP contribution is 2.01. The lowest BCUT2D eigenvalue weighted by Crippen LogP contribution is -2.26. The summed E-state index contributed by atoms with van der Waals surface area (Å²) in [7, 11) is -0.566. The summed E-state index contributed by atoms with van der Waals surface area (Å²) in [5.74, 6) is 2.53. The highest BCUT2D eigenvalue weighted by atomic mass is 32.2. The van der Waals surface area contributed by atoms with Gasteiger partial charge in [0.1, 0.15) is 0 Å². The molecule has 1 fully saturated rings. The molecule has 0 aromatic carbocycles. The van der Waals surface area contributed by atoms with Crippen molar-refractivity contribution in [2.24, 2.45) is 0 Å². The number of thiol groups is 1. The van der Waals surface area contributed by atoms with Crippen LogP contribution in [0.25, 0.3) is 0 Å². The van der Waals surface area contributed by atoms with E-state index in [1.807, 2.05) is 0 Å². The SMILES string of the molecule is O=S1CCCN(C/C=C/CS)CC1. The lowest BCUT2D eigenvalue weighted by molar-refractivity contribution is 0.327. The minimum absolute atomic E-state index is 0.566. The van der Waals surface area contributed by atoms with Crippen molar-refractivity contribution in [3.63, 3.8) is 0 Å². The molecular weight excluding hydrogens is 202 g/mol. The van der Waals surface area contributed by atoms with Gasteiger partial charge in [-0.25, -0.2) is 0 Å². The Hall–Kier alpha value is 0.200. The molecule has 0 N–H and O–H groups in total. The molecule has 4 heteroatoms. The van der Waals surface area contributed by atoms with Crippen LogP contribution in [0.4, 0.5) is 0 Å². The second kappa shape index (κ2) is 6.62. The van der Waals surface area contributed by atoms with Gasteiger partial charge in [0.15, 0.2) is 0 Å². The van der Waals surface area contributed by atoms with Crippen molar-refractivity contribution in [3.8, 4) is 0 Å². The van der Waals surface area contributed by atoms with Gasteiger partial charge < -0.3 is 0 Å². The maximum atomic E-state index is 11.2. The Labute approximate surface area is 88.3 Å². The molecule has 0 radical (unpaired) electrons. The van der Waals surface area contributed by atoms with Crippen LogP contribution < -0.4 is 0 Å². The smallest absolute Gasteiger partial charge is 0.0362 e. The molecule has 0 aromatic heterocycles. The maximum Gasteiger partial charge on any atom is 0.0362 e. The first kappa shape index (κ1) is 11.3. The lowest BCUT2D eigenvalue weighted by Gasteiger charge is -2.16. The molecule has 2 nitrogen and oxygen atoms in total. The van der Waals surface area contributed by atoms with Gasteiger partial charge >= 0.3 is 0 Å². The third kappa shape index (κ3) is 4.84. The summed E-state index contributed by atoms with van der Waals surface area (Å²) in [6, 6.07) is 0. The third-order valence-electron chi connectivity index (χ3n) is 2.12. The summed E-state index contributed by atoms with van der Waals surface area (Å²) in [5.41, 5.74) is 0. The Bertz CT molecular complexity index is 194. The average molecular weight is 219 g/mol. The molecule has 1 heterocycles. The van der Waals surface area contributed by atoms with Crippen LogP contribution in [-0.4, -0.2) is 46.0 Å². The van der Waals surface area contributed by atoms with Crippen LogP contribution in [0, 0.1) is 0 Å². The van der Waals surface area contributed by atoms with E-state index in [-0.39, 0.29) is 0 Å². The van der Waals surface area contributed by atoms with E-state index >= 15 is 0 Å². The highest BCUT2D eigenvalue weighted by molar-refractivity contribution is 7.85. The molecule has 76 valence electrons. The quantitative estimate of drug-likeness (QED) is 0.563. The summed E-state index contributed by atoms with van der Waals surface area (Å²) in [4.78, 5) is 2.35. The highest BCUT2D eigenvalue weighted by Gasteiger charge is 2.10. The van der Waals surface area contributed by atoms with E-state index in [4.69, 9.17) is 0 Å². The number of hydrogen-bond donors (Lipinski definition) is 1. The van der Waals surface area contributed by atoms with E-state index < -0.39 is 10.8 Å². The molecule has 1 aliphatic heterocycles. The molecule has 0 amide bonds. The zero-order chi connectivity index (χ0) is 9.52.